The first-order valence-corrected chi connectivity index (χ1v) is 9.50. The molecule has 2 atom stereocenters. The molecule has 1 aromatic carbocycles. The number of carbonyl (C=O) groups is 1. The van der Waals surface area contributed by atoms with Gasteiger partial charge in [0.15, 0.2) is 0 Å². The van der Waals surface area contributed by atoms with E-state index in [9.17, 15) is 4.79 Å². The molecule has 1 amide bonds. The Hall–Kier alpha value is -2.44. The minimum atomic E-state index is -0.109. The van der Waals surface area contributed by atoms with Crippen LogP contribution in [0.4, 0.5) is 5.82 Å². The van der Waals surface area contributed by atoms with Crippen molar-refractivity contribution in [1.29, 1.82) is 0 Å². The Bertz CT molecular complexity index is 777. The van der Waals surface area contributed by atoms with Gasteiger partial charge in [0, 0.05) is 25.8 Å². The first-order valence-electron chi connectivity index (χ1n) is 9.50. The molecule has 27 heavy (non-hydrogen) atoms. The quantitative estimate of drug-likeness (QED) is 0.834. The van der Waals surface area contributed by atoms with Crippen LogP contribution >= 0.6 is 0 Å². The SMILES string of the molecule is C[C@H]1CN(C(=O)c2cccnc2N2CCOCC2)C[C@H](c2ccccc2)O1. The van der Waals surface area contributed by atoms with E-state index < -0.39 is 0 Å². The zero-order chi connectivity index (χ0) is 18.6. The van der Waals surface area contributed by atoms with E-state index in [-0.39, 0.29) is 18.1 Å². The first kappa shape index (κ1) is 17.9. The molecule has 0 unspecified atom stereocenters. The summed E-state index contributed by atoms with van der Waals surface area (Å²) in [5.74, 6) is 0.766. The van der Waals surface area contributed by atoms with Crippen molar-refractivity contribution in [3.63, 3.8) is 0 Å². The molecule has 6 nitrogen and oxygen atoms in total. The van der Waals surface area contributed by atoms with Crippen LogP contribution in [0.15, 0.2) is 48.7 Å². The monoisotopic (exact) mass is 367 g/mol. The Morgan fingerprint density at radius 3 is 2.63 bits per heavy atom. The minimum Gasteiger partial charge on any atom is -0.378 e. The number of morpholine rings is 2. The molecule has 0 aliphatic carbocycles. The van der Waals surface area contributed by atoms with Crippen LogP contribution in [0, 0.1) is 0 Å². The number of hydrogen-bond donors (Lipinski definition) is 0. The van der Waals surface area contributed by atoms with Gasteiger partial charge in [0.25, 0.3) is 5.91 Å². The van der Waals surface area contributed by atoms with Gasteiger partial charge in [-0.15, -0.1) is 0 Å². The molecule has 3 heterocycles. The number of ether oxygens (including phenoxy) is 2. The number of rotatable bonds is 3. The number of pyridine rings is 1. The van der Waals surface area contributed by atoms with Gasteiger partial charge in [0.05, 0.1) is 31.4 Å². The van der Waals surface area contributed by atoms with Crippen molar-refractivity contribution in [3.05, 3.63) is 59.8 Å². The van der Waals surface area contributed by atoms with Crippen LogP contribution in [0.25, 0.3) is 0 Å². The number of carbonyl (C=O) groups excluding carboxylic acids is 1. The lowest BCUT2D eigenvalue weighted by atomic mass is 10.1. The molecule has 1 aromatic heterocycles. The summed E-state index contributed by atoms with van der Waals surface area (Å²) in [5, 5.41) is 0. The smallest absolute Gasteiger partial charge is 0.257 e. The van der Waals surface area contributed by atoms with E-state index in [4.69, 9.17) is 9.47 Å². The molecule has 142 valence electrons. The third-order valence-corrected chi connectivity index (χ3v) is 5.05. The third kappa shape index (κ3) is 3.96. The lowest BCUT2D eigenvalue weighted by Crippen LogP contribution is -2.46. The highest BCUT2D eigenvalue weighted by Crippen LogP contribution is 2.28. The number of nitrogens with zero attached hydrogens (tertiary/aromatic N) is 3. The number of hydrogen-bond acceptors (Lipinski definition) is 5. The summed E-state index contributed by atoms with van der Waals surface area (Å²) in [5.41, 5.74) is 1.75. The maximum Gasteiger partial charge on any atom is 0.257 e. The van der Waals surface area contributed by atoms with Crippen molar-refractivity contribution in [2.75, 3.05) is 44.3 Å². The molecular formula is C21H25N3O3. The fourth-order valence-corrected chi connectivity index (χ4v) is 3.73. The molecule has 0 N–H and O–H groups in total. The van der Waals surface area contributed by atoms with E-state index in [0.29, 0.717) is 31.9 Å². The van der Waals surface area contributed by atoms with Gasteiger partial charge in [-0.2, -0.15) is 0 Å². The maximum atomic E-state index is 13.4. The Labute approximate surface area is 159 Å². The van der Waals surface area contributed by atoms with Gasteiger partial charge in [0.2, 0.25) is 0 Å². The molecule has 2 aliphatic heterocycles. The van der Waals surface area contributed by atoms with Gasteiger partial charge in [-0.1, -0.05) is 30.3 Å². The molecule has 2 aromatic rings. The topological polar surface area (TPSA) is 54.9 Å². The van der Waals surface area contributed by atoms with Crippen molar-refractivity contribution < 1.29 is 14.3 Å². The molecular weight excluding hydrogens is 342 g/mol. The van der Waals surface area contributed by atoms with Crippen LogP contribution in [0.5, 0.6) is 0 Å². The standard InChI is InChI=1S/C21H25N3O3/c1-16-14-24(15-19(27-16)17-6-3-2-4-7-17)21(25)18-8-5-9-22-20(18)23-10-12-26-13-11-23/h2-9,16,19H,10-15H2,1H3/t16-,19+/m0/s1. The molecule has 4 rings (SSSR count). The number of benzene rings is 1. The summed E-state index contributed by atoms with van der Waals surface area (Å²) >= 11 is 0. The molecule has 0 saturated carbocycles. The van der Waals surface area contributed by atoms with Gasteiger partial charge >= 0.3 is 0 Å². The number of anilines is 1. The second-order valence-electron chi connectivity index (χ2n) is 7.03. The van der Waals surface area contributed by atoms with Gasteiger partial charge in [-0.25, -0.2) is 4.98 Å². The predicted octanol–water partition coefficient (Wildman–Crippen LogP) is 2.52. The maximum absolute atomic E-state index is 13.4. The van der Waals surface area contributed by atoms with Crippen LogP contribution in [-0.2, 0) is 9.47 Å². The summed E-state index contributed by atoms with van der Waals surface area (Å²) in [6.07, 6.45) is 1.62. The number of amides is 1. The van der Waals surface area contributed by atoms with Gasteiger partial charge in [0.1, 0.15) is 11.9 Å². The number of aromatic nitrogens is 1. The Morgan fingerprint density at radius 1 is 1.07 bits per heavy atom. The lowest BCUT2D eigenvalue weighted by Gasteiger charge is -2.38. The zero-order valence-corrected chi connectivity index (χ0v) is 15.6. The van der Waals surface area contributed by atoms with E-state index >= 15 is 0 Å². The van der Waals surface area contributed by atoms with E-state index in [1.54, 1.807) is 6.20 Å². The van der Waals surface area contributed by atoms with Gasteiger partial charge < -0.3 is 19.3 Å². The van der Waals surface area contributed by atoms with Crippen molar-refractivity contribution >= 4 is 11.7 Å². The van der Waals surface area contributed by atoms with E-state index in [1.165, 1.54) is 0 Å². The normalized spacial score (nSPS) is 23.3. The van der Waals surface area contributed by atoms with E-state index in [1.807, 2.05) is 42.2 Å². The molecule has 0 spiro atoms. The lowest BCUT2D eigenvalue weighted by molar-refractivity contribution is -0.0691. The van der Waals surface area contributed by atoms with Crippen LogP contribution in [0.1, 0.15) is 28.9 Å². The third-order valence-electron chi connectivity index (χ3n) is 5.05. The second-order valence-corrected chi connectivity index (χ2v) is 7.03. The fourth-order valence-electron chi connectivity index (χ4n) is 3.73. The summed E-state index contributed by atoms with van der Waals surface area (Å²) in [6, 6.07) is 13.8. The Morgan fingerprint density at radius 2 is 1.85 bits per heavy atom. The van der Waals surface area contributed by atoms with Crippen molar-refractivity contribution in [2.45, 2.75) is 19.1 Å². The van der Waals surface area contributed by atoms with Crippen LogP contribution in [0.3, 0.4) is 0 Å². The predicted molar refractivity (Wildman–Crippen MR) is 103 cm³/mol. The minimum absolute atomic E-state index is 0.0145. The van der Waals surface area contributed by atoms with Crippen LogP contribution in [0.2, 0.25) is 0 Å². The van der Waals surface area contributed by atoms with E-state index in [2.05, 4.69) is 22.0 Å². The summed E-state index contributed by atoms with van der Waals surface area (Å²) in [4.78, 5) is 21.9. The summed E-state index contributed by atoms with van der Waals surface area (Å²) in [6.45, 7) is 5.97. The highest BCUT2D eigenvalue weighted by molar-refractivity contribution is 5.99. The van der Waals surface area contributed by atoms with Gasteiger partial charge in [-0.05, 0) is 24.6 Å². The first-order chi connectivity index (χ1) is 13.2. The van der Waals surface area contributed by atoms with Crippen molar-refractivity contribution in [2.24, 2.45) is 0 Å². The highest BCUT2D eigenvalue weighted by atomic mass is 16.5. The highest BCUT2D eigenvalue weighted by Gasteiger charge is 2.31. The molecule has 0 radical (unpaired) electrons. The Balaban J connectivity index is 1.57. The van der Waals surface area contributed by atoms with E-state index in [0.717, 1.165) is 24.5 Å². The molecule has 6 heteroatoms. The van der Waals surface area contributed by atoms with Crippen LogP contribution < -0.4 is 4.90 Å². The molecule has 2 aliphatic rings. The molecule has 2 saturated heterocycles. The average molecular weight is 367 g/mol. The second kappa shape index (κ2) is 8.06. The molecule has 0 bridgehead atoms. The molecule has 2 fully saturated rings. The Kier molecular flexibility index (Phi) is 5.36. The van der Waals surface area contributed by atoms with Gasteiger partial charge in [-0.3, -0.25) is 4.79 Å². The summed E-state index contributed by atoms with van der Waals surface area (Å²) < 4.78 is 11.5. The van der Waals surface area contributed by atoms with Crippen molar-refractivity contribution in [1.82, 2.24) is 9.88 Å². The van der Waals surface area contributed by atoms with Crippen molar-refractivity contribution in [3.8, 4) is 0 Å². The average Bonchev–Trinajstić information content (AvgIpc) is 2.74. The fraction of sp³-hybridized carbons (Fsp3) is 0.429. The largest absolute Gasteiger partial charge is 0.378 e. The van der Waals surface area contributed by atoms with Crippen LogP contribution in [-0.4, -0.2) is 61.3 Å². The zero-order valence-electron chi connectivity index (χ0n) is 15.6. The summed E-state index contributed by atoms with van der Waals surface area (Å²) in [7, 11) is 0.